The number of aryl methyl sites for hydroxylation is 1. The third kappa shape index (κ3) is 2.37. The summed E-state index contributed by atoms with van der Waals surface area (Å²) in [5.41, 5.74) is 0.768. The zero-order valence-corrected chi connectivity index (χ0v) is 10.6. The van der Waals surface area contributed by atoms with Gasteiger partial charge in [-0.15, -0.1) is 11.3 Å². The summed E-state index contributed by atoms with van der Waals surface area (Å²) in [5.74, 6) is -0.425. The second-order valence-electron chi connectivity index (χ2n) is 3.42. The number of rotatable bonds is 3. The minimum atomic E-state index is -0.425. The van der Waals surface area contributed by atoms with E-state index in [1.165, 1.54) is 17.4 Å². The monoisotopic (exact) mass is 269 g/mol. The summed E-state index contributed by atoms with van der Waals surface area (Å²) >= 11 is 7.01. The van der Waals surface area contributed by atoms with Crippen molar-refractivity contribution in [3.63, 3.8) is 0 Å². The maximum absolute atomic E-state index is 13.7. The molecule has 1 aromatic carbocycles. The molecule has 0 spiro atoms. The molecule has 17 heavy (non-hydrogen) atoms. The summed E-state index contributed by atoms with van der Waals surface area (Å²) in [6, 6.07) is 4.42. The number of aromatic nitrogens is 1. The molecule has 1 aromatic heterocycles. The Hall–Kier alpha value is -1.26. The maximum atomic E-state index is 13.7. The van der Waals surface area contributed by atoms with Gasteiger partial charge < -0.3 is 0 Å². The normalized spacial score (nSPS) is 10.5. The number of nitrogens with zero attached hydrogens (tertiary/aromatic N) is 1. The van der Waals surface area contributed by atoms with E-state index < -0.39 is 5.82 Å². The van der Waals surface area contributed by atoms with Gasteiger partial charge in [0.1, 0.15) is 16.5 Å². The number of carbonyl (C=O) groups is 1. The van der Waals surface area contributed by atoms with E-state index in [1.54, 1.807) is 12.1 Å². The number of hydrogen-bond donors (Lipinski definition) is 0. The molecule has 0 bridgehead atoms. The lowest BCUT2D eigenvalue weighted by Crippen LogP contribution is -1.86. The molecule has 0 amide bonds. The maximum Gasteiger partial charge on any atom is 0.169 e. The van der Waals surface area contributed by atoms with Gasteiger partial charge in [0.25, 0.3) is 0 Å². The molecule has 2 rings (SSSR count). The standard InChI is InChI=1S/C12H9ClFNOS/c1-2-11-10(6-16)15-12(17-11)8-4-3-7(13)5-9(8)14/h3-6H,2H2,1H3. The lowest BCUT2D eigenvalue weighted by molar-refractivity contribution is 0.111. The first-order chi connectivity index (χ1) is 8.15. The Kier molecular flexibility index (Phi) is 3.54. The van der Waals surface area contributed by atoms with Crippen LogP contribution >= 0.6 is 22.9 Å². The van der Waals surface area contributed by atoms with Crippen LogP contribution in [-0.4, -0.2) is 11.3 Å². The summed E-state index contributed by atoms with van der Waals surface area (Å²) in [6.45, 7) is 1.93. The Morgan fingerprint density at radius 2 is 2.29 bits per heavy atom. The Labute approximate surface area is 107 Å². The molecule has 0 aliphatic heterocycles. The van der Waals surface area contributed by atoms with Crippen LogP contribution in [0.5, 0.6) is 0 Å². The van der Waals surface area contributed by atoms with Crippen molar-refractivity contribution in [3.05, 3.63) is 39.6 Å². The third-order valence-corrected chi connectivity index (χ3v) is 3.81. The highest BCUT2D eigenvalue weighted by Gasteiger charge is 2.13. The Morgan fingerprint density at radius 1 is 1.53 bits per heavy atom. The molecule has 0 fully saturated rings. The number of hydrogen-bond acceptors (Lipinski definition) is 3. The first kappa shape index (κ1) is 12.2. The van der Waals surface area contributed by atoms with Crippen molar-refractivity contribution in [2.45, 2.75) is 13.3 Å². The zero-order valence-electron chi connectivity index (χ0n) is 9.04. The summed E-state index contributed by atoms with van der Waals surface area (Å²) in [6.07, 6.45) is 1.41. The van der Waals surface area contributed by atoms with Gasteiger partial charge in [0.2, 0.25) is 0 Å². The highest BCUT2D eigenvalue weighted by molar-refractivity contribution is 7.15. The fraction of sp³-hybridized carbons (Fsp3) is 0.167. The average molecular weight is 270 g/mol. The van der Waals surface area contributed by atoms with Crippen molar-refractivity contribution < 1.29 is 9.18 Å². The lowest BCUT2D eigenvalue weighted by atomic mass is 10.2. The SMILES string of the molecule is CCc1sc(-c2ccc(Cl)cc2F)nc1C=O. The number of carbonyl (C=O) groups excluding carboxylic acids is 1. The number of benzene rings is 1. The van der Waals surface area contributed by atoms with E-state index in [0.717, 1.165) is 4.88 Å². The minimum absolute atomic E-state index is 0.342. The van der Waals surface area contributed by atoms with Gasteiger partial charge in [-0.25, -0.2) is 9.37 Å². The van der Waals surface area contributed by atoms with Crippen LogP contribution in [0.4, 0.5) is 4.39 Å². The molecular formula is C12H9ClFNOS. The van der Waals surface area contributed by atoms with Crippen molar-refractivity contribution in [3.8, 4) is 10.6 Å². The van der Waals surface area contributed by atoms with Gasteiger partial charge in [0, 0.05) is 15.5 Å². The van der Waals surface area contributed by atoms with Gasteiger partial charge in [-0.2, -0.15) is 0 Å². The van der Waals surface area contributed by atoms with Crippen molar-refractivity contribution in [2.75, 3.05) is 0 Å². The Bertz CT molecular complexity index is 568. The van der Waals surface area contributed by atoms with Gasteiger partial charge >= 0.3 is 0 Å². The summed E-state index contributed by atoms with van der Waals surface area (Å²) in [4.78, 5) is 15.8. The topological polar surface area (TPSA) is 30.0 Å². The Balaban J connectivity index is 2.52. The van der Waals surface area contributed by atoms with Crippen molar-refractivity contribution in [1.82, 2.24) is 4.98 Å². The van der Waals surface area contributed by atoms with Crippen molar-refractivity contribution in [1.29, 1.82) is 0 Å². The number of halogens is 2. The van der Waals surface area contributed by atoms with Crippen LogP contribution in [0, 0.1) is 5.82 Å². The van der Waals surface area contributed by atoms with Crippen molar-refractivity contribution in [2.24, 2.45) is 0 Å². The van der Waals surface area contributed by atoms with E-state index >= 15 is 0 Å². The van der Waals surface area contributed by atoms with Gasteiger partial charge in [-0.1, -0.05) is 18.5 Å². The van der Waals surface area contributed by atoms with E-state index in [1.807, 2.05) is 6.92 Å². The predicted molar refractivity (Wildman–Crippen MR) is 67.3 cm³/mol. The quantitative estimate of drug-likeness (QED) is 0.789. The molecule has 88 valence electrons. The van der Waals surface area contributed by atoms with E-state index in [2.05, 4.69) is 4.98 Å². The third-order valence-electron chi connectivity index (χ3n) is 2.32. The minimum Gasteiger partial charge on any atom is -0.296 e. The second kappa shape index (κ2) is 4.94. The molecule has 2 aromatic rings. The molecule has 0 unspecified atom stereocenters. The molecule has 0 aliphatic rings. The molecule has 2 nitrogen and oxygen atoms in total. The molecule has 5 heteroatoms. The van der Waals surface area contributed by atoms with E-state index in [4.69, 9.17) is 11.6 Å². The first-order valence-corrected chi connectivity index (χ1v) is 6.25. The molecule has 0 N–H and O–H groups in total. The molecular weight excluding hydrogens is 261 g/mol. The summed E-state index contributed by atoms with van der Waals surface area (Å²) < 4.78 is 13.7. The fourth-order valence-electron chi connectivity index (χ4n) is 1.49. The smallest absolute Gasteiger partial charge is 0.169 e. The fourth-order valence-corrected chi connectivity index (χ4v) is 2.64. The van der Waals surface area contributed by atoms with Gasteiger partial charge in [0.05, 0.1) is 0 Å². The summed E-state index contributed by atoms with van der Waals surface area (Å²) in [7, 11) is 0. The van der Waals surface area contributed by atoms with Gasteiger partial charge in [0.15, 0.2) is 6.29 Å². The molecule has 0 radical (unpaired) electrons. The molecule has 0 saturated carbocycles. The van der Waals surface area contributed by atoms with Crippen LogP contribution in [0.3, 0.4) is 0 Å². The van der Waals surface area contributed by atoms with Crippen LogP contribution in [0.2, 0.25) is 5.02 Å². The van der Waals surface area contributed by atoms with Crippen molar-refractivity contribution >= 4 is 29.2 Å². The van der Waals surface area contributed by atoms with Gasteiger partial charge in [-0.05, 0) is 24.6 Å². The molecule has 1 heterocycles. The average Bonchev–Trinajstić information content (AvgIpc) is 2.72. The Morgan fingerprint density at radius 3 is 2.82 bits per heavy atom. The highest BCUT2D eigenvalue weighted by atomic mass is 35.5. The molecule has 0 saturated heterocycles. The number of aldehydes is 1. The molecule has 0 atom stereocenters. The molecule has 0 aliphatic carbocycles. The van der Waals surface area contributed by atoms with Gasteiger partial charge in [-0.3, -0.25) is 4.79 Å². The van der Waals surface area contributed by atoms with Crippen LogP contribution in [-0.2, 0) is 6.42 Å². The van der Waals surface area contributed by atoms with Crippen LogP contribution in [0.25, 0.3) is 10.6 Å². The van der Waals surface area contributed by atoms with E-state index in [9.17, 15) is 9.18 Å². The second-order valence-corrected chi connectivity index (χ2v) is 4.94. The first-order valence-electron chi connectivity index (χ1n) is 5.06. The highest BCUT2D eigenvalue weighted by Crippen LogP contribution is 2.30. The lowest BCUT2D eigenvalue weighted by Gasteiger charge is -1.98. The van der Waals surface area contributed by atoms with Crippen LogP contribution in [0.15, 0.2) is 18.2 Å². The summed E-state index contributed by atoms with van der Waals surface area (Å²) in [5, 5.41) is 0.854. The largest absolute Gasteiger partial charge is 0.296 e. The van der Waals surface area contributed by atoms with Crippen LogP contribution in [0.1, 0.15) is 22.3 Å². The van der Waals surface area contributed by atoms with E-state index in [0.29, 0.717) is 34.0 Å². The van der Waals surface area contributed by atoms with Crippen LogP contribution < -0.4 is 0 Å². The zero-order chi connectivity index (χ0) is 12.4. The number of thiazole rings is 1. The predicted octanol–water partition coefficient (Wildman–Crippen LogP) is 3.98. The van der Waals surface area contributed by atoms with E-state index in [-0.39, 0.29) is 0 Å².